The summed E-state index contributed by atoms with van der Waals surface area (Å²) in [7, 11) is 3.34. The Bertz CT molecular complexity index is 808. The zero-order valence-electron chi connectivity index (χ0n) is 11.7. The summed E-state index contributed by atoms with van der Waals surface area (Å²) in [6, 6.07) is 11.4. The zero-order chi connectivity index (χ0) is 14.6. The maximum Gasteiger partial charge on any atom is 0.262 e. The topological polar surface area (TPSA) is 38.8 Å². The van der Waals surface area contributed by atoms with E-state index in [1.165, 1.54) is 0 Å². The number of carbonyl (C=O) groups is 1. The second kappa shape index (κ2) is 4.12. The fourth-order valence-corrected chi connectivity index (χ4v) is 2.86. The number of benzene rings is 2. The van der Waals surface area contributed by atoms with Crippen molar-refractivity contribution >= 4 is 17.7 Å². The van der Waals surface area contributed by atoms with Gasteiger partial charge in [0, 0.05) is 12.6 Å². The summed E-state index contributed by atoms with van der Waals surface area (Å²) in [5.41, 5.74) is 3.17. The van der Waals surface area contributed by atoms with Crippen LogP contribution in [0.3, 0.4) is 0 Å². The van der Waals surface area contributed by atoms with E-state index in [9.17, 15) is 4.79 Å². The summed E-state index contributed by atoms with van der Waals surface area (Å²) in [5.74, 6) is 1.97. The number of methoxy groups -OCH3 is 1. The third-order valence-electron chi connectivity index (χ3n) is 3.92. The van der Waals surface area contributed by atoms with Crippen molar-refractivity contribution in [2.24, 2.45) is 0 Å². The lowest BCUT2D eigenvalue weighted by Crippen LogP contribution is -2.17. The predicted octanol–water partition coefficient (Wildman–Crippen LogP) is 3.38. The fourth-order valence-electron chi connectivity index (χ4n) is 2.86. The van der Waals surface area contributed by atoms with Gasteiger partial charge in [-0.2, -0.15) is 0 Å². The molecule has 4 rings (SSSR count). The maximum atomic E-state index is 12.5. The minimum absolute atomic E-state index is 0.0714. The van der Waals surface area contributed by atoms with E-state index in [0.29, 0.717) is 17.1 Å². The molecular formula is C17H13NO3. The molecule has 0 bridgehead atoms. The molecule has 0 aliphatic carbocycles. The van der Waals surface area contributed by atoms with Gasteiger partial charge < -0.3 is 14.4 Å². The molecule has 0 saturated heterocycles. The van der Waals surface area contributed by atoms with Crippen molar-refractivity contribution in [2.45, 2.75) is 0 Å². The van der Waals surface area contributed by atoms with E-state index in [0.717, 1.165) is 22.6 Å². The minimum Gasteiger partial charge on any atom is -0.496 e. The summed E-state index contributed by atoms with van der Waals surface area (Å²) >= 11 is 0. The van der Waals surface area contributed by atoms with Crippen LogP contribution in [0.15, 0.2) is 36.4 Å². The molecule has 4 heteroatoms. The van der Waals surface area contributed by atoms with Gasteiger partial charge in [0.2, 0.25) is 0 Å². The van der Waals surface area contributed by atoms with E-state index in [1.54, 1.807) is 25.1 Å². The first-order valence-corrected chi connectivity index (χ1v) is 6.68. The Morgan fingerprint density at radius 1 is 1.05 bits per heavy atom. The Kier molecular flexibility index (Phi) is 2.36. The second-order valence-corrected chi connectivity index (χ2v) is 5.05. The first-order chi connectivity index (χ1) is 10.2. The first-order valence-electron chi connectivity index (χ1n) is 6.68. The summed E-state index contributed by atoms with van der Waals surface area (Å²) in [4.78, 5) is 14.1. The molecule has 0 radical (unpaired) electrons. The monoisotopic (exact) mass is 279 g/mol. The molecule has 1 amide bonds. The van der Waals surface area contributed by atoms with Crippen LogP contribution in [0.25, 0.3) is 11.8 Å². The lowest BCUT2D eigenvalue weighted by atomic mass is 10.0. The van der Waals surface area contributed by atoms with Gasteiger partial charge in [0.05, 0.1) is 23.9 Å². The fraction of sp³-hybridized carbons (Fsp3) is 0.118. The van der Waals surface area contributed by atoms with Crippen LogP contribution < -0.4 is 9.47 Å². The van der Waals surface area contributed by atoms with Gasteiger partial charge >= 0.3 is 0 Å². The first kappa shape index (κ1) is 12.0. The van der Waals surface area contributed by atoms with E-state index in [2.05, 4.69) is 0 Å². The van der Waals surface area contributed by atoms with Crippen molar-refractivity contribution < 1.29 is 14.3 Å². The van der Waals surface area contributed by atoms with E-state index >= 15 is 0 Å². The molecule has 0 N–H and O–H groups in total. The predicted molar refractivity (Wildman–Crippen MR) is 79.5 cm³/mol. The number of hydrogen-bond donors (Lipinski definition) is 0. The van der Waals surface area contributed by atoms with Crippen LogP contribution in [0.4, 0.5) is 0 Å². The number of ether oxygens (including phenoxy) is 2. The Morgan fingerprint density at radius 2 is 1.86 bits per heavy atom. The highest BCUT2D eigenvalue weighted by Gasteiger charge is 2.37. The SMILES string of the molecule is COc1ccc2c3c1C(=O)N(C)C3=Cc1ccccc1O2. The van der Waals surface area contributed by atoms with Crippen LogP contribution in [-0.2, 0) is 0 Å². The molecule has 0 aromatic heterocycles. The molecule has 4 nitrogen and oxygen atoms in total. The van der Waals surface area contributed by atoms with Gasteiger partial charge in [0.15, 0.2) is 0 Å². The van der Waals surface area contributed by atoms with Crippen LogP contribution >= 0.6 is 0 Å². The van der Waals surface area contributed by atoms with Gasteiger partial charge in [-0.25, -0.2) is 0 Å². The molecular weight excluding hydrogens is 266 g/mol. The molecule has 0 unspecified atom stereocenters. The number of nitrogens with zero attached hydrogens (tertiary/aromatic N) is 1. The highest BCUT2D eigenvalue weighted by atomic mass is 16.5. The van der Waals surface area contributed by atoms with Crippen molar-refractivity contribution in [1.82, 2.24) is 4.90 Å². The molecule has 2 aliphatic rings. The van der Waals surface area contributed by atoms with Crippen molar-refractivity contribution in [3.8, 4) is 17.2 Å². The Labute approximate surface area is 122 Å². The third kappa shape index (κ3) is 1.53. The summed E-state index contributed by atoms with van der Waals surface area (Å²) in [6.45, 7) is 0. The highest BCUT2D eigenvalue weighted by Crippen LogP contribution is 2.47. The Hall–Kier alpha value is -2.75. The van der Waals surface area contributed by atoms with Crippen molar-refractivity contribution in [3.63, 3.8) is 0 Å². The average molecular weight is 279 g/mol. The van der Waals surface area contributed by atoms with E-state index < -0.39 is 0 Å². The molecule has 2 aromatic rings. The van der Waals surface area contributed by atoms with Gasteiger partial charge in [-0.1, -0.05) is 18.2 Å². The van der Waals surface area contributed by atoms with E-state index in [1.807, 2.05) is 36.4 Å². The number of carbonyl (C=O) groups excluding carboxylic acids is 1. The lowest BCUT2D eigenvalue weighted by Gasteiger charge is -2.11. The average Bonchev–Trinajstić information content (AvgIpc) is 2.68. The molecule has 21 heavy (non-hydrogen) atoms. The number of rotatable bonds is 1. The van der Waals surface area contributed by atoms with Crippen molar-refractivity contribution in [2.75, 3.05) is 14.2 Å². The number of para-hydroxylation sites is 1. The molecule has 2 aliphatic heterocycles. The quantitative estimate of drug-likeness (QED) is 0.803. The number of fused-ring (bicyclic) bond motifs is 1. The molecule has 0 spiro atoms. The van der Waals surface area contributed by atoms with E-state index in [4.69, 9.17) is 9.47 Å². The summed E-state index contributed by atoms with van der Waals surface area (Å²) in [5, 5.41) is 0. The standard InChI is InChI=1S/C17H13NO3/c1-18-11-9-10-5-3-4-6-12(10)21-14-8-7-13(20-2)16(15(11)14)17(18)19/h3-9H,1-2H3. The maximum absolute atomic E-state index is 12.5. The highest BCUT2D eigenvalue weighted by molar-refractivity contribution is 6.15. The van der Waals surface area contributed by atoms with Gasteiger partial charge in [0.1, 0.15) is 17.2 Å². The summed E-state index contributed by atoms with van der Waals surface area (Å²) in [6.07, 6.45) is 1.98. The van der Waals surface area contributed by atoms with Gasteiger partial charge in [-0.15, -0.1) is 0 Å². The Balaban J connectivity index is 2.07. The molecule has 2 aromatic carbocycles. The molecule has 0 atom stereocenters. The largest absolute Gasteiger partial charge is 0.496 e. The summed E-state index contributed by atoms with van der Waals surface area (Å²) < 4.78 is 11.3. The van der Waals surface area contributed by atoms with Crippen molar-refractivity contribution in [1.29, 1.82) is 0 Å². The molecule has 0 fully saturated rings. The zero-order valence-corrected chi connectivity index (χ0v) is 11.7. The van der Waals surface area contributed by atoms with Gasteiger partial charge in [-0.05, 0) is 24.3 Å². The second-order valence-electron chi connectivity index (χ2n) is 5.05. The normalized spacial score (nSPS) is 14.9. The lowest BCUT2D eigenvalue weighted by molar-refractivity contribution is 0.0872. The molecule has 0 saturated carbocycles. The minimum atomic E-state index is -0.0714. The van der Waals surface area contributed by atoms with Crippen LogP contribution in [-0.4, -0.2) is 25.0 Å². The molecule has 2 heterocycles. The Morgan fingerprint density at radius 3 is 2.67 bits per heavy atom. The van der Waals surface area contributed by atoms with Gasteiger partial charge in [0.25, 0.3) is 5.91 Å². The van der Waals surface area contributed by atoms with Crippen LogP contribution in [0.1, 0.15) is 21.5 Å². The van der Waals surface area contributed by atoms with Crippen molar-refractivity contribution in [3.05, 3.63) is 53.1 Å². The number of amides is 1. The van der Waals surface area contributed by atoms with Crippen LogP contribution in [0.5, 0.6) is 17.2 Å². The third-order valence-corrected chi connectivity index (χ3v) is 3.92. The van der Waals surface area contributed by atoms with Crippen LogP contribution in [0.2, 0.25) is 0 Å². The molecule has 104 valence electrons. The smallest absolute Gasteiger partial charge is 0.262 e. The van der Waals surface area contributed by atoms with Gasteiger partial charge in [-0.3, -0.25) is 4.79 Å². The van der Waals surface area contributed by atoms with E-state index in [-0.39, 0.29) is 5.91 Å². The number of hydrogen-bond acceptors (Lipinski definition) is 3. The van der Waals surface area contributed by atoms with Crippen LogP contribution in [0, 0.1) is 0 Å².